The molecule has 10 rings (SSSR count). The third kappa shape index (κ3) is 4.20. The number of para-hydroxylation sites is 2. The number of rotatable bonds is 4. The van der Waals surface area contributed by atoms with E-state index in [2.05, 4.69) is 181 Å². The average Bonchev–Trinajstić information content (AvgIpc) is 3.49. The van der Waals surface area contributed by atoms with E-state index in [0.29, 0.717) is 0 Å². The van der Waals surface area contributed by atoms with Gasteiger partial charge in [-0.05, 0) is 100 Å². The zero-order valence-corrected chi connectivity index (χ0v) is 27.8. The van der Waals surface area contributed by atoms with Crippen LogP contribution in [0.2, 0.25) is 0 Å². The van der Waals surface area contributed by atoms with Gasteiger partial charge < -0.3 is 9.47 Å². The zero-order chi connectivity index (χ0) is 32.7. The molecule has 2 heterocycles. The number of hydrogen-bond acceptors (Lipinski definition) is 1. The van der Waals surface area contributed by atoms with Crippen LogP contribution in [0.3, 0.4) is 0 Å². The van der Waals surface area contributed by atoms with Crippen LogP contribution in [0.5, 0.6) is 0 Å². The quantitative estimate of drug-likeness (QED) is 0.188. The van der Waals surface area contributed by atoms with Gasteiger partial charge in [0.1, 0.15) is 0 Å². The molecule has 0 fully saturated rings. The highest BCUT2D eigenvalue weighted by molar-refractivity contribution is 6.12. The van der Waals surface area contributed by atoms with E-state index < -0.39 is 0 Å². The van der Waals surface area contributed by atoms with Crippen molar-refractivity contribution in [1.82, 2.24) is 4.57 Å². The SMILES string of the molecule is CC1(C)c2ccccc2-n2c3ccc(-c4ccc(N(c5ccc6c(c5)CCC=C6)c5cccc6ccccc56)cc4)cc3c3cccc1c32. The van der Waals surface area contributed by atoms with Crippen molar-refractivity contribution >= 4 is 55.7 Å². The van der Waals surface area contributed by atoms with Gasteiger partial charge in [-0.25, -0.2) is 0 Å². The first-order chi connectivity index (χ1) is 24.1. The van der Waals surface area contributed by atoms with Gasteiger partial charge in [-0.2, -0.15) is 0 Å². The Bertz CT molecular complexity index is 2630. The Hall–Kier alpha value is -5.86. The van der Waals surface area contributed by atoms with Crippen LogP contribution in [0.4, 0.5) is 17.1 Å². The molecule has 49 heavy (non-hydrogen) atoms. The lowest BCUT2D eigenvalue weighted by atomic mass is 9.75. The van der Waals surface area contributed by atoms with Crippen molar-refractivity contribution in [2.45, 2.75) is 32.1 Å². The smallest absolute Gasteiger partial charge is 0.0582 e. The first kappa shape index (κ1) is 28.2. The highest BCUT2D eigenvalue weighted by Gasteiger charge is 2.34. The second-order valence-electron chi connectivity index (χ2n) is 14.1. The molecule has 8 aromatic rings. The average molecular weight is 629 g/mol. The van der Waals surface area contributed by atoms with Crippen LogP contribution in [0.1, 0.15) is 42.5 Å². The highest BCUT2D eigenvalue weighted by atomic mass is 15.1. The molecule has 0 spiro atoms. The lowest BCUT2D eigenvalue weighted by Crippen LogP contribution is -2.26. The molecule has 234 valence electrons. The number of allylic oxidation sites excluding steroid dienone is 1. The molecule has 1 aliphatic carbocycles. The summed E-state index contributed by atoms with van der Waals surface area (Å²) in [5.74, 6) is 0. The fourth-order valence-corrected chi connectivity index (χ4v) is 8.54. The van der Waals surface area contributed by atoms with Gasteiger partial charge in [-0.15, -0.1) is 0 Å². The number of aromatic nitrogens is 1. The van der Waals surface area contributed by atoms with Gasteiger partial charge in [0.25, 0.3) is 0 Å². The predicted molar refractivity (Wildman–Crippen MR) is 208 cm³/mol. The van der Waals surface area contributed by atoms with Gasteiger partial charge in [0.15, 0.2) is 0 Å². The summed E-state index contributed by atoms with van der Waals surface area (Å²) < 4.78 is 2.49. The van der Waals surface area contributed by atoms with Crippen molar-refractivity contribution in [3.05, 3.63) is 174 Å². The zero-order valence-electron chi connectivity index (χ0n) is 27.8. The number of fused-ring (bicyclic) bond motifs is 7. The minimum absolute atomic E-state index is 0.0656. The van der Waals surface area contributed by atoms with Crippen LogP contribution in [0.15, 0.2) is 152 Å². The fourth-order valence-electron chi connectivity index (χ4n) is 8.54. The van der Waals surface area contributed by atoms with Gasteiger partial charge in [-0.1, -0.05) is 123 Å². The Balaban J connectivity index is 1.11. The number of anilines is 3. The molecule has 0 saturated carbocycles. The molecule has 1 aliphatic heterocycles. The summed E-state index contributed by atoms with van der Waals surface area (Å²) in [6.45, 7) is 4.72. The maximum atomic E-state index is 2.49. The topological polar surface area (TPSA) is 8.17 Å². The van der Waals surface area contributed by atoms with E-state index in [1.54, 1.807) is 0 Å². The third-order valence-electron chi connectivity index (χ3n) is 11.0. The molecule has 2 heteroatoms. The van der Waals surface area contributed by atoms with Gasteiger partial charge in [0.05, 0.1) is 22.4 Å². The predicted octanol–water partition coefficient (Wildman–Crippen LogP) is 12.7. The van der Waals surface area contributed by atoms with Crippen molar-refractivity contribution in [1.29, 1.82) is 0 Å². The van der Waals surface area contributed by atoms with Crippen molar-refractivity contribution in [3.8, 4) is 16.8 Å². The van der Waals surface area contributed by atoms with E-state index in [0.717, 1.165) is 18.5 Å². The summed E-state index contributed by atoms with van der Waals surface area (Å²) >= 11 is 0. The standard InChI is InChI=1S/C47H36N2/c1-47(2)41-17-7-8-19-45(41)49-44-28-24-35(30-40(44)39-16-10-18-42(47)46(39)49)32-21-25-36(26-22-32)48(37-27-23-31-11-3-4-13-34(31)29-37)43-20-9-14-33-12-5-6-15-38(33)43/h3,5-12,14-30H,4,13H2,1-2H3. The summed E-state index contributed by atoms with van der Waals surface area (Å²) in [7, 11) is 0. The number of benzene rings is 7. The maximum Gasteiger partial charge on any atom is 0.0582 e. The van der Waals surface area contributed by atoms with Crippen LogP contribution >= 0.6 is 0 Å². The first-order valence-corrected chi connectivity index (χ1v) is 17.4. The number of aryl methyl sites for hydroxylation is 1. The largest absolute Gasteiger partial charge is 0.310 e. The van der Waals surface area contributed by atoms with E-state index in [9.17, 15) is 0 Å². The van der Waals surface area contributed by atoms with E-state index in [-0.39, 0.29) is 5.41 Å². The molecule has 0 radical (unpaired) electrons. The van der Waals surface area contributed by atoms with Crippen LogP contribution in [0.25, 0.3) is 55.5 Å². The molecule has 0 atom stereocenters. The van der Waals surface area contributed by atoms with E-state index in [1.165, 1.54) is 83.0 Å². The second kappa shape index (κ2) is 10.6. The first-order valence-electron chi connectivity index (χ1n) is 17.4. The Morgan fingerprint density at radius 2 is 1.33 bits per heavy atom. The Morgan fingerprint density at radius 1 is 0.592 bits per heavy atom. The van der Waals surface area contributed by atoms with Crippen molar-refractivity contribution in [2.75, 3.05) is 4.90 Å². The minimum Gasteiger partial charge on any atom is -0.310 e. The molecular formula is C47H36N2. The molecule has 2 aliphatic rings. The van der Waals surface area contributed by atoms with Crippen LogP contribution in [-0.2, 0) is 11.8 Å². The Labute approximate surface area is 287 Å². The van der Waals surface area contributed by atoms with Crippen LogP contribution in [0, 0.1) is 0 Å². The number of hydrogen-bond donors (Lipinski definition) is 0. The third-order valence-corrected chi connectivity index (χ3v) is 11.0. The summed E-state index contributed by atoms with van der Waals surface area (Å²) in [5, 5.41) is 5.10. The Kier molecular flexibility index (Phi) is 6.08. The van der Waals surface area contributed by atoms with Crippen LogP contribution in [-0.4, -0.2) is 4.57 Å². The van der Waals surface area contributed by atoms with Crippen molar-refractivity contribution in [3.63, 3.8) is 0 Å². The molecule has 0 saturated heterocycles. The molecule has 0 N–H and O–H groups in total. The molecule has 0 unspecified atom stereocenters. The van der Waals surface area contributed by atoms with E-state index >= 15 is 0 Å². The highest BCUT2D eigenvalue weighted by Crippen LogP contribution is 2.48. The van der Waals surface area contributed by atoms with E-state index in [1.807, 2.05) is 0 Å². The lowest BCUT2D eigenvalue weighted by molar-refractivity contribution is 0.630. The normalized spacial score (nSPS) is 14.2. The fraction of sp³-hybridized carbons (Fsp3) is 0.106. The van der Waals surface area contributed by atoms with Gasteiger partial charge in [0, 0.05) is 32.9 Å². The molecule has 1 aromatic heterocycles. The molecular weight excluding hydrogens is 593 g/mol. The number of nitrogens with zero attached hydrogens (tertiary/aromatic N) is 2. The molecule has 2 nitrogen and oxygen atoms in total. The summed E-state index contributed by atoms with van der Waals surface area (Å²) in [5.41, 5.74) is 15.3. The summed E-state index contributed by atoms with van der Waals surface area (Å²) in [6, 6.07) is 54.2. The van der Waals surface area contributed by atoms with Gasteiger partial charge in [0.2, 0.25) is 0 Å². The monoisotopic (exact) mass is 628 g/mol. The molecule has 0 bridgehead atoms. The molecule has 0 amide bonds. The second-order valence-corrected chi connectivity index (χ2v) is 14.1. The molecule has 7 aromatic carbocycles. The van der Waals surface area contributed by atoms with E-state index in [4.69, 9.17) is 0 Å². The summed E-state index contributed by atoms with van der Waals surface area (Å²) in [6.07, 6.45) is 6.71. The van der Waals surface area contributed by atoms with Crippen molar-refractivity contribution < 1.29 is 0 Å². The maximum absolute atomic E-state index is 2.49. The van der Waals surface area contributed by atoms with Crippen molar-refractivity contribution in [2.24, 2.45) is 0 Å². The van der Waals surface area contributed by atoms with Crippen LogP contribution < -0.4 is 4.90 Å². The van der Waals surface area contributed by atoms with Gasteiger partial charge in [-0.3, -0.25) is 0 Å². The lowest BCUT2D eigenvalue weighted by Gasteiger charge is -2.34. The summed E-state index contributed by atoms with van der Waals surface area (Å²) in [4.78, 5) is 2.43. The minimum atomic E-state index is -0.0656. The Morgan fingerprint density at radius 3 is 2.24 bits per heavy atom. The van der Waals surface area contributed by atoms with Gasteiger partial charge >= 0.3 is 0 Å².